The first-order valence-electron chi connectivity index (χ1n) is 9.98. The highest BCUT2D eigenvalue weighted by Gasteiger charge is 2.21. The second-order valence-electron chi connectivity index (χ2n) is 8.28. The Hall–Kier alpha value is -2.87. The zero-order chi connectivity index (χ0) is 22.9. The Labute approximate surface area is 192 Å². The van der Waals surface area contributed by atoms with Gasteiger partial charge in [0.2, 0.25) is 0 Å². The Morgan fingerprint density at radius 2 is 1.45 bits per heavy atom. The van der Waals surface area contributed by atoms with Crippen molar-refractivity contribution in [3.8, 4) is 12.1 Å². The Morgan fingerprint density at radius 1 is 1.00 bits per heavy atom. The number of alkyl carbamates (subject to hydrolysis) is 1. The quantitative estimate of drug-likeness (QED) is 0.549. The van der Waals surface area contributed by atoms with Gasteiger partial charge in [-0.3, -0.25) is 4.90 Å². The summed E-state index contributed by atoms with van der Waals surface area (Å²) in [4.78, 5) is 14.4. The summed E-state index contributed by atoms with van der Waals surface area (Å²) in [7, 11) is 0. The first-order valence-corrected chi connectivity index (χ1v) is 11.1. The van der Waals surface area contributed by atoms with Crippen molar-refractivity contribution in [2.75, 3.05) is 11.9 Å². The fourth-order valence-corrected chi connectivity index (χ4v) is 3.36. The van der Waals surface area contributed by atoms with Crippen molar-refractivity contribution in [3.05, 3.63) is 70.8 Å². The maximum Gasteiger partial charge on any atom is 0.407 e. The van der Waals surface area contributed by atoms with Crippen LogP contribution < -0.4 is 5.32 Å². The third-order valence-corrected chi connectivity index (χ3v) is 5.15. The molecule has 1 atom stereocenters. The van der Waals surface area contributed by atoms with Gasteiger partial charge in [0.15, 0.2) is 0 Å². The maximum atomic E-state index is 12.2. The minimum Gasteiger partial charge on any atom is -0.444 e. The molecule has 2 aromatic carbocycles. The highest BCUT2D eigenvalue weighted by Crippen LogP contribution is 2.14. The van der Waals surface area contributed by atoms with Gasteiger partial charge in [0, 0.05) is 25.0 Å². The van der Waals surface area contributed by atoms with Gasteiger partial charge in [0.1, 0.15) is 5.60 Å². The minimum atomic E-state index is -0.564. The number of nitriles is 2. The molecule has 0 saturated carbocycles. The molecule has 2 rings (SSSR count). The van der Waals surface area contributed by atoms with Crippen LogP contribution in [0, 0.1) is 22.7 Å². The zero-order valence-electron chi connectivity index (χ0n) is 18.1. The Bertz CT molecular complexity index is 879. The van der Waals surface area contributed by atoms with Gasteiger partial charge in [-0.25, -0.2) is 4.79 Å². The van der Waals surface area contributed by atoms with Crippen LogP contribution in [0.15, 0.2) is 48.5 Å². The molecule has 0 radical (unpaired) electrons. The fourth-order valence-electron chi connectivity index (χ4n) is 2.99. The van der Waals surface area contributed by atoms with Crippen LogP contribution in [0.1, 0.15) is 43.0 Å². The average molecular weight is 483 g/mol. The number of ether oxygens (including phenoxy) is 1. The average Bonchev–Trinajstić information content (AvgIpc) is 2.73. The summed E-state index contributed by atoms with van der Waals surface area (Å²) in [5.74, 6) is 0. The molecule has 31 heavy (non-hydrogen) atoms. The fraction of sp³-hybridized carbons (Fsp3) is 0.375. The van der Waals surface area contributed by atoms with Crippen molar-refractivity contribution in [1.82, 2.24) is 10.2 Å². The van der Waals surface area contributed by atoms with Crippen LogP contribution in [0.3, 0.4) is 0 Å². The molecular formula is C24H27BrN4O2. The van der Waals surface area contributed by atoms with Gasteiger partial charge in [-0.2, -0.15) is 10.5 Å². The van der Waals surface area contributed by atoms with Gasteiger partial charge in [-0.05, 0) is 56.2 Å². The van der Waals surface area contributed by atoms with Crippen molar-refractivity contribution in [2.24, 2.45) is 0 Å². The van der Waals surface area contributed by atoms with E-state index < -0.39 is 11.7 Å². The summed E-state index contributed by atoms with van der Waals surface area (Å²) < 4.78 is 5.39. The van der Waals surface area contributed by atoms with E-state index in [9.17, 15) is 4.79 Å². The van der Waals surface area contributed by atoms with E-state index in [4.69, 9.17) is 15.3 Å². The predicted octanol–water partition coefficient (Wildman–Crippen LogP) is 4.72. The third-order valence-electron chi connectivity index (χ3n) is 4.36. The number of hydrogen-bond donors (Lipinski definition) is 1. The lowest BCUT2D eigenvalue weighted by molar-refractivity contribution is 0.0497. The van der Waals surface area contributed by atoms with E-state index in [2.05, 4.69) is 38.3 Å². The SMILES string of the molecule is CC(C)(C)OC(=O)NC(CBr)CN(Cc1ccc(C#N)cc1)Cc1ccc(C#N)cc1. The number of nitrogens with one attached hydrogen (secondary N) is 1. The van der Waals surface area contributed by atoms with Crippen molar-refractivity contribution in [2.45, 2.75) is 45.5 Å². The van der Waals surface area contributed by atoms with E-state index in [-0.39, 0.29) is 6.04 Å². The van der Waals surface area contributed by atoms with E-state index in [1.54, 1.807) is 24.3 Å². The lowest BCUT2D eigenvalue weighted by Gasteiger charge is -2.28. The highest BCUT2D eigenvalue weighted by molar-refractivity contribution is 9.09. The molecule has 2 aromatic rings. The summed E-state index contributed by atoms with van der Waals surface area (Å²) in [5.41, 5.74) is 2.81. The van der Waals surface area contributed by atoms with Crippen LogP contribution in [0.25, 0.3) is 0 Å². The number of amides is 1. The summed E-state index contributed by atoms with van der Waals surface area (Å²) in [6.45, 7) is 7.37. The number of alkyl halides is 1. The molecule has 7 heteroatoms. The molecule has 1 unspecified atom stereocenters. The van der Waals surface area contributed by atoms with Crippen LogP contribution in [0.5, 0.6) is 0 Å². The number of halogens is 1. The van der Waals surface area contributed by atoms with Crippen molar-refractivity contribution >= 4 is 22.0 Å². The van der Waals surface area contributed by atoms with Crippen molar-refractivity contribution < 1.29 is 9.53 Å². The van der Waals surface area contributed by atoms with Gasteiger partial charge in [0.25, 0.3) is 0 Å². The molecule has 0 aliphatic rings. The summed E-state index contributed by atoms with van der Waals surface area (Å²) in [5, 5.41) is 21.5. The normalized spacial score (nSPS) is 12.0. The standard InChI is InChI=1S/C24H27BrN4O2/c1-24(2,3)31-23(30)28-22(12-25)17-29(15-20-8-4-18(13-26)5-9-20)16-21-10-6-19(14-27)7-11-21/h4-11,22H,12,15-17H2,1-3H3,(H,28,30). The molecule has 0 saturated heterocycles. The number of nitrogens with zero attached hydrogens (tertiary/aromatic N) is 3. The number of benzene rings is 2. The minimum absolute atomic E-state index is 0.161. The van der Waals surface area contributed by atoms with Gasteiger partial charge in [0.05, 0.1) is 29.3 Å². The highest BCUT2D eigenvalue weighted by atomic mass is 79.9. The largest absolute Gasteiger partial charge is 0.444 e. The molecule has 0 fully saturated rings. The van der Waals surface area contributed by atoms with Crippen molar-refractivity contribution in [3.63, 3.8) is 0 Å². The molecule has 162 valence electrons. The predicted molar refractivity (Wildman–Crippen MR) is 123 cm³/mol. The van der Waals surface area contributed by atoms with Crippen LogP contribution in [-0.2, 0) is 17.8 Å². The molecule has 6 nitrogen and oxygen atoms in total. The Morgan fingerprint density at radius 3 is 1.81 bits per heavy atom. The summed E-state index contributed by atoms with van der Waals surface area (Å²) in [6.07, 6.45) is -0.450. The molecule has 0 aromatic heterocycles. The third kappa shape index (κ3) is 8.80. The monoisotopic (exact) mass is 482 g/mol. The Kier molecular flexibility index (Phi) is 9.05. The number of hydrogen-bond acceptors (Lipinski definition) is 5. The Balaban J connectivity index is 2.14. The molecule has 0 aliphatic carbocycles. The van der Waals surface area contributed by atoms with Gasteiger partial charge < -0.3 is 10.1 Å². The van der Waals surface area contributed by atoms with Crippen LogP contribution in [-0.4, -0.2) is 34.5 Å². The maximum absolute atomic E-state index is 12.2. The number of carbonyl (C=O) groups is 1. The molecule has 0 spiro atoms. The van der Waals surface area contributed by atoms with E-state index in [1.807, 2.05) is 45.0 Å². The molecular weight excluding hydrogens is 456 g/mol. The van der Waals surface area contributed by atoms with Crippen molar-refractivity contribution in [1.29, 1.82) is 10.5 Å². The molecule has 1 amide bonds. The number of rotatable bonds is 8. The molecule has 0 bridgehead atoms. The lowest BCUT2D eigenvalue weighted by Crippen LogP contribution is -2.46. The van der Waals surface area contributed by atoms with Gasteiger partial charge >= 0.3 is 6.09 Å². The molecule has 1 N–H and O–H groups in total. The van der Waals surface area contributed by atoms with Crippen LogP contribution in [0.2, 0.25) is 0 Å². The van der Waals surface area contributed by atoms with E-state index >= 15 is 0 Å². The molecule has 0 heterocycles. The summed E-state index contributed by atoms with van der Waals surface area (Å²) >= 11 is 3.49. The van der Waals surface area contributed by atoms with E-state index in [0.29, 0.717) is 36.1 Å². The van der Waals surface area contributed by atoms with Crippen LogP contribution >= 0.6 is 15.9 Å². The topological polar surface area (TPSA) is 89.2 Å². The van der Waals surface area contributed by atoms with E-state index in [1.165, 1.54) is 0 Å². The zero-order valence-corrected chi connectivity index (χ0v) is 19.6. The number of carbonyl (C=O) groups excluding carboxylic acids is 1. The van der Waals surface area contributed by atoms with Gasteiger partial charge in [-0.1, -0.05) is 40.2 Å². The summed E-state index contributed by atoms with van der Waals surface area (Å²) in [6, 6.07) is 19.1. The smallest absolute Gasteiger partial charge is 0.407 e. The first-order chi connectivity index (χ1) is 14.7. The molecule has 0 aliphatic heterocycles. The second-order valence-corrected chi connectivity index (χ2v) is 8.93. The van der Waals surface area contributed by atoms with E-state index in [0.717, 1.165) is 11.1 Å². The van der Waals surface area contributed by atoms with Crippen LogP contribution in [0.4, 0.5) is 4.79 Å². The first kappa shape index (κ1) is 24.4. The van der Waals surface area contributed by atoms with Gasteiger partial charge in [-0.15, -0.1) is 0 Å². The second kappa shape index (κ2) is 11.5. The lowest BCUT2D eigenvalue weighted by atomic mass is 10.1.